The minimum absolute atomic E-state index is 0.546. The van der Waals surface area contributed by atoms with Gasteiger partial charge in [0.1, 0.15) is 0 Å². The standard InChI is InChI=1S/C10H9NS3/c11-10(9-2-1-5-14-9)6-7(12)3-4-8(10)13/h1-5H,6,11H2. The number of hydrogen-bond donors (Lipinski definition) is 1. The first-order valence-corrected chi connectivity index (χ1v) is 5.91. The van der Waals surface area contributed by atoms with Gasteiger partial charge in [-0.05, 0) is 23.6 Å². The van der Waals surface area contributed by atoms with Gasteiger partial charge >= 0.3 is 0 Å². The second kappa shape index (κ2) is 3.62. The lowest BCUT2D eigenvalue weighted by atomic mass is 9.85. The molecule has 0 aliphatic heterocycles. The molecule has 0 amide bonds. The van der Waals surface area contributed by atoms with Gasteiger partial charge in [0, 0.05) is 21.0 Å². The molecular weight excluding hydrogens is 230 g/mol. The SMILES string of the molecule is NC1(c2cccs2)CC(=S)C=CC1=S. The first-order chi connectivity index (χ1) is 6.63. The second-order valence-electron chi connectivity index (χ2n) is 3.29. The van der Waals surface area contributed by atoms with E-state index in [1.807, 2.05) is 29.7 Å². The smallest absolute Gasteiger partial charge is 0.0909 e. The van der Waals surface area contributed by atoms with Crippen molar-refractivity contribution in [2.75, 3.05) is 0 Å². The Balaban J connectivity index is 2.46. The molecule has 2 N–H and O–H groups in total. The van der Waals surface area contributed by atoms with E-state index in [-0.39, 0.29) is 0 Å². The van der Waals surface area contributed by atoms with Crippen LogP contribution in [0.2, 0.25) is 0 Å². The summed E-state index contributed by atoms with van der Waals surface area (Å²) in [6.45, 7) is 0. The van der Waals surface area contributed by atoms with Gasteiger partial charge in [-0.3, -0.25) is 0 Å². The predicted octanol–water partition coefficient (Wildman–Crippen LogP) is 2.60. The Hall–Kier alpha value is -0.420. The predicted molar refractivity (Wildman–Crippen MR) is 69.1 cm³/mol. The Kier molecular flexibility index (Phi) is 2.62. The van der Waals surface area contributed by atoms with Crippen LogP contribution in [-0.4, -0.2) is 9.73 Å². The average molecular weight is 239 g/mol. The minimum atomic E-state index is -0.546. The zero-order valence-corrected chi connectivity index (χ0v) is 9.85. The van der Waals surface area contributed by atoms with Gasteiger partial charge in [-0.2, -0.15) is 0 Å². The highest BCUT2D eigenvalue weighted by atomic mass is 32.1. The number of allylic oxidation sites excluding steroid dienone is 1. The molecule has 0 saturated carbocycles. The summed E-state index contributed by atoms with van der Waals surface area (Å²) >= 11 is 12.1. The van der Waals surface area contributed by atoms with E-state index in [2.05, 4.69) is 0 Å². The van der Waals surface area contributed by atoms with Crippen molar-refractivity contribution in [1.29, 1.82) is 0 Å². The average Bonchev–Trinajstić information content (AvgIpc) is 2.65. The lowest BCUT2D eigenvalue weighted by Crippen LogP contribution is -2.45. The van der Waals surface area contributed by atoms with Crippen molar-refractivity contribution in [2.24, 2.45) is 5.73 Å². The molecule has 1 atom stereocenters. The van der Waals surface area contributed by atoms with Gasteiger partial charge in [-0.25, -0.2) is 0 Å². The Labute approximate surface area is 97.6 Å². The third kappa shape index (κ3) is 1.59. The molecule has 1 aromatic heterocycles. The van der Waals surface area contributed by atoms with Crippen LogP contribution >= 0.6 is 35.8 Å². The lowest BCUT2D eigenvalue weighted by molar-refractivity contribution is 0.657. The van der Waals surface area contributed by atoms with Crippen LogP contribution in [-0.2, 0) is 5.54 Å². The minimum Gasteiger partial charge on any atom is -0.316 e. The van der Waals surface area contributed by atoms with E-state index >= 15 is 0 Å². The molecule has 0 saturated heterocycles. The van der Waals surface area contributed by atoms with E-state index in [1.165, 1.54) is 0 Å². The quantitative estimate of drug-likeness (QED) is 0.763. The number of rotatable bonds is 1. The van der Waals surface area contributed by atoms with Gasteiger partial charge in [0.25, 0.3) is 0 Å². The van der Waals surface area contributed by atoms with Crippen molar-refractivity contribution < 1.29 is 0 Å². The third-order valence-corrected chi connectivity index (χ3v) is 4.10. The Morgan fingerprint density at radius 2 is 2.14 bits per heavy atom. The molecular formula is C10H9NS3. The fourth-order valence-electron chi connectivity index (χ4n) is 1.48. The molecule has 1 unspecified atom stereocenters. The molecule has 1 aliphatic rings. The Morgan fingerprint density at radius 3 is 2.79 bits per heavy atom. The Morgan fingerprint density at radius 1 is 1.36 bits per heavy atom. The van der Waals surface area contributed by atoms with E-state index in [0.717, 1.165) is 14.6 Å². The number of thiocarbonyl (C=S) groups is 2. The maximum atomic E-state index is 6.29. The van der Waals surface area contributed by atoms with Crippen molar-refractivity contribution in [1.82, 2.24) is 0 Å². The van der Waals surface area contributed by atoms with Crippen LogP contribution in [0.4, 0.5) is 0 Å². The summed E-state index contributed by atoms with van der Waals surface area (Å²) in [4.78, 5) is 2.73. The largest absolute Gasteiger partial charge is 0.316 e. The second-order valence-corrected chi connectivity index (χ2v) is 5.20. The summed E-state index contributed by atoms with van der Waals surface area (Å²) in [5.74, 6) is 0. The molecule has 1 heterocycles. The molecule has 0 fully saturated rings. The van der Waals surface area contributed by atoms with Crippen LogP contribution in [0.1, 0.15) is 11.3 Å². The first-order valence-electron chi connectivity index (χ1n) is 4.21. The summed E-state index contributed by atoms with van der Waals surface area (Å²) in [6, 6.07) is 4.00. The number of hydrogen-bond acceptors (Lipinski definition) is 4. The normalized spacial score (nSPS) is 26.9. The van der Waals surface area contributed by atoms with Crippen molar-refractivity contribution in [3.05, 3.63) is 34.5 Å². The molecule has 1 aromatic rings. The zero-order chi connectivity index (χ0) is 10.2. The van der Waals surface area contributed by atoms with Crippen molar-refractivity contribution >= 4 is 45.5 Å². The molecule has 1 aliphatic carbocycles. The maximum absolute atomic E-state index is 6.29. The fourth-order valence-corrected chi connectivity index (χ4v) is 2.94. The summed E-state index contributed by atoms with van der Waals surface area (Å²) in [5.41, 5.74) is 5.74. The number of nitrogens with two attached hydrogens (primary N) is 1. The Bertz CT molecular complexity index is 405. The zero-order valence-electron chi connectivity index (χ0n) is 7.40. The molecule has 72 valence electrons. The molecule has 2 rings (SSSR count). The van der Waals surface area contributed by atoms with E-state index in [4.69, 9.17) is 30.2 Å². The molecule has 1 nitrogen and oxygen atoms in total. The molecule has 0 bridgehead atoms. The van der Waals surface area contributed by atoms with Crippen LogP contribution in [0.25, 0.3) is 0 Å². The topological polar surface area (TPSA) is 26.0 Å². The van der Waals surface area contributed by atoms with Crippen molar-refractivity contribution in [2.45, 2.75) is 12.0 Å². The highest BCUT2D eigenvalue weighted by Gasteiger charge is 2.34. The van der Waals surface area contributed by atoms with Crippen molar-refractivity contribution in [3.8, 4) is 0 Å². The van der Waals surface area contributed by atoms with E-state index in [1.54, 1.807) is 11.3 Å². The molecule has 4 heteroatoms. The highest BCUT2D eigenvalue weighted by molar-refractivity contribution is 7.81. The van der Waals surface area contributed by atoms with Gasteiger partial charge in [0.05, 0.1) is 5.54 Å². The van der Waals surface area contributed by atoms with E-state index in [9.17, 15) is 0 Å². The molecule has 0 aromatic carbocycles. The van der Waals surface area contributed by atoms with E-state index < -0.39 is 5.54 Å². The van der Waals surface area contributed by atoms with Gasteiger partial charge in [0.2, 0.25) is 0 Å². The molecule has 0 radical (unpaired) electrons. The van der Waals surface area contributed by atoms with Crippen LogP contribution in [0.5, 0.6) is 0 Å². The molecule has 0 spiro atoms. The van der Waals surface area contributed by atoms with Crippen LogP contribution in [0.3, 0.4) is 0 Å². The molecule has 14 heavy (non-hydrogen) atoms. The summed E-state index contributed by atoms with van der Waals surface area (Å²) in [7, 11) is 0. The summed E-state index contributed by atoms with van der Waals surface area (Å²) in [6.07, 6.45) is 4.37. The maximum Gasteiger partial charge on any atom is 0.0909 e. The van der Waals surface area contributed by atoms with Crippen LogP contribution in [0, 0.1) is 0 Å². The van der Waals surface area contributed by atoms with Crippen molar-refractivity contribution in [3.63, 3.8) is 0 Å². The monoisotopic (exact) mass is 239 g/mol. The fraction of sp³-hybridized carbons (Fsp3) is 0.200. The van der Waals surface area contributed by atoms with Gasteiger partial charge in [-0.15, -0.1) is 11.3 Å². The number of thiophene rings is 1. The van der Waals surface area contributed by atoms with Crippen LogP contribution < -0.4 is 5.73 Å². The van der Waals surface area contributed by atoms with Crippen LogP contribution in [0.15, 0.2) is 29.7 Å². The van der Waals surface area contributed by atoms with Gasteiger partial charge in [0.15, 0.2) is 0 Å². The third-order valence-electron chi connectivity index (χ3n) is 2.27. The van der Waals surface area contributed by atoms with Gasteiger partial charge < -0.3 is 5.73 Å². The summed E-state index contributed by atoms with van der Waals surface area (Å²) in [5, 5.41) is 2.01. The first kappa shape index (κ1) is 10.1. The van der Waals surface area contributed by atoms with E-state index in [0.29, 0.717) is 6.42 Å². The highest BCUT2D eigenvalue weighted by Crippen LogP contribution is 2.31. The lowest BCUT2D eigenvalue weighted by Gasteiger charge is -2.30. The van der Waals surface area contributed by atoms with Gasteiger partial charge in [-0.1, -0.05) is 30.5 Å². The summed E-state index contributed by atoms with van der Waals surface area (Å²) < 4.78 is 0.